The van der Waals surface area contributed by atoms with E-state index in [1.54, 1.807) is 11.8 Å². The fraction of sp³-hybridized carbons (Fsp3) is 0.533. The quantitative estimate of drug-likeness (QED) is 0.838. The van der Waals surface area contributed by atoms with E-state index in [0.717, 1.165) is 29.2 Å². The van der Waals surface area contributed by atoms with E-state index in [1.165, 1.54) is 19.5 Å². The van der Waals surface area contributed by atoms with Gasteiger partial charge in [-0.15, -0.1) is 11.8 Å². The number of likely N-dealkylation sites (tertiary alicyclic amines) is 1. The van der Waals surface area contributed by atoms with Gasteiger partial charge in [0.15, 0.2) is 0 Å². The van der Waals surface area contributed by atoms with E-state index < -0.39 is 0 Å². The Labute approximate surface area is 120 Å². The molecule has 1 saturated heterocycles. The number of rotatable bonds is 5. The van der Waals surface area contributed by atoms with Crippen LogP contribution in [0.3, 0.4) is 0 Å². The summed E-state index contributed by atoms with van der Waals surface area (Å²) in [5.74, 6) is 0.699. The third-order valence-corrected chi connectivity index (χ3v) is 4.54. The van der Waals surface area contributed by atoms with Crippen LogP contribution in [0.4, 0.5) is 5.69 Å². The molecule has 0 saturated carbocycles. The Balaban J connectivity index is 1.98. The number of benzene rings is 1. The first kappa shape index (κ1) is 14.2. The van der Waals surface area contributed by atoms with Crippen LogP contribution in [0.1, 0.15) is 18.9 Å². The molecule has 0 radical (unpaired) electrons. The monoisotopic (exact) mass is 275 g/mol. The highest BCUT2D eigenvalue weighted by molar-refractivity contribution is 7.98. The summed E-state index contributed by atoms with van der Waals surface area (Å²) in [4.78, 5) is 3.53. The van der Waals surface area contributed by atoms with E-state index >= 15 is 0 Å². The van der Waals surface area contributed by atoms with Crippen LogP contribution in [-0.2, 0) is 0 Å². The zero-order valence-corrected chi connectivity index (χ0v) is 12.5. The molecule has 1 aliphatic rings. The highest BCUT2D eigenvalue weighted by Gasteiger charge is 2.21. The first-order chi connectivity index (χ1) is 9.28. The van der Waals surface area contributed by atoms with Crippen molar-refractivity contribution in [3.63, 3.8) is 0 Å². The molecule has 0 bridgehead atoms. The highest BCUT2D eigenvalue weighted by Crippen LogP contribution is 2.27. The summed E-state index contributed by atoms with van der Waals surface area (Å²) in [6.07, 6.45) is 3.26. The van der Waals surface area contributed by atoms with Crippen LogP contribution in [0.15, 0.2) is 23.1 Å². The molecule has 1 unspecified atom stereocenters. The van der Waals surface area contributed by atoms with Crippen molar-refractivity contribution in [1.29, 1.82) is 5.26 Å². The van der Waals surface area contributed by atoms with Crippen molar-refractivity contribution >= 4 is 17.4 Å². The third kappa shape index (κ3) is 3.43. The van der Waals surface area contributed by atoms with Gasteiger partial charge < -0.3 is 10.2 Å². The van der Waals surface area contributed by atoms with Crippen molar-refractivity contribution < 1.29 is 0 Å². The lowest BCUT2D eigenvalue weighted by atomic mass is 10.1. The van der Waals surface area contributed by atoms with Gasteiger partial charge in [-0.25, -0.2) is 0 Å². The van der Waals surface area contributed by atoms with Crippen molar-refractivity contribution in [2.24, 2.45) is 5.92 Å². The summed E-state index contributed by atoms with van der Waals surface area (Å²) < 4.78 is 0. The molecule has 1 aliphatic heterocycles. The van der Waals surface area contributed by atoms with Gasteiger partial charge in [0.05, 0.1) is 11.3 Å². The first-order valence-electron chi connectivity index (χ1n) is 6.81. The predicted molar refractivity (Wildman–Crippen MR) is 81.6 cm³/mol. The molecule has 0 aromatic heterocycles. The average Bonchev–Trinajstić information content (AvgIpc) is 2.92. The van der Waals surface area contributed by atoms with Crippen molar-refractivity contribution in [3.8, 4) is 6.07 Å². The first-order valence-corrected chi connectivity index (χ1v) is 8.04. The standard InChI is InChI=1S/C15H21N3S/c1-3-18-8-7-12(11-18)10-17-14-5-4-6-15(19-2)13(14)9-16/h4-6,12,17H,3,7-8,10-11H2,1-2H3. The number of nitriles is 1. The zero-order valence-electron chi connectivity index (χ0n) is 11.6. The molecule has 102 valence electrons. The molecule has 1 N–H and O–H groups in total. The molecule has 2 rings (SSSR count). The SMILES string of the molecule is CCN1CCC(CNc2cccc(SC)c2C#N)C1. The van der Waals surface area contributed by atoms with Gasteiger partial charge in [0.2, 0.25) is 0 Å². The molecule has 4 heteroatoms. The van der Waals surface area contributed by atoms with Gasteiger partial charge in [-0.1, -0.05) is 13.0 Å². The highest BCUT2D eigenvalue weighted by atomic mass is 32.2. The molecular formula is C15H21N3S. The molecule has 1 aromatic rings. The second-order valence-corrected chi connectivity index (χ2v) is 5.77. The van der Waals surface area contributed by atoms with E-state index in [-0.39, 0.29) is 0 Å². The summed E-state index contributed by atoms with van der Waals surface area (Å²) in [6.45, 7) is 6.70. The van der Waals surface area contributed by atoms with Crippen LogP contribution in [0, 0.1) is 17.2 Å². The maximum atomic E-state index is 9.29. The maximum Gasteiger partial charge on any atom is 0.102 e. The molecule has 0 amide bonds. The van der Waals surface area contributed by atoms with Crippen LogP contribution in [0.25, 0.3) is 0 Å². The second-order valence-electron chi connectivity index (χ2n) is 4.92. The number of hydrogen-bond acceptors (Lipinski definition) is 4. The molecule has 1 fully saturated rings. The zero-order chi connectivity index (χ0) is 13.7. The number of nitrogens with zero attached hydrogens (tertiary/aromatic N) is 2. The normalized spacial score (nSPS) is 19.3. The number of anilines is 1. The van der Waals surface area contributed by atoms with E-state index in [1.807, 2.05) is 24.5 Å². The van der Waals surface area contributed by atoms with E-state index in [4.69, 9.17) is 0 Å². The maximum absolute atomic E-state index is 9.29. The van der Waals surface area contributed by atoms with Gasteiger partial charge in [0.1, 0.15) is 6.07 Å². The molecule has 1 heterocycles. The van der Waals surface area contributed by atoms with Crippen molar-refractivity contribution in [1.82, 2.24) is 4.90 Å². The Morgan fingerprint density at radius 2 is 2.37 bits per heavy atom. The van der Waals surface area contributed by atoms with Crippen LogP contribution in [0.2, 0.25) is 0 Å². The Morgan fingerprint density at radius 1 is 1.53 bits per heavy atom. The molecule has 1 atom stereocenters. The van der Waals surface area contributed by atoms with Crippen LogP contribution >= 0.6 is 11.8 Å². The molecule has 1 aromatic carbocycles. The van der Waals surface area contributed by atoms with Gasteiger partial charge in [0, 0.05) is 18.0 Å². The predicted octanol–water partition coefficient (Wildman–Crippen LogP) is 3.03. The number of nitrogens with one attached hydrogen (secondary N) is 1. The largest absolute Gasteiger partial charge is 0.384 e. The molecule has 3 nitrogen and oxygen atoms in total. The topological polar surface area (TPSA) is 39.1 Å². The van der Waals surface area contributed by atoms with E-state index in [2.05, 4.69) is 23.2 Å². The Kier molecular flexibility index (Phi) is 5.12. The fourth-order valence-electron chi connectivity index (χ4n) is 2.58. The minimum absolute atomic E-state index is 0.699. The van der Waals surface area contributed by atoms with Gasteiger partial charge in [0.25, 0.3) is 0 Å². The minimum Gasteiger partial charge on any atom is -0.384 e. The Hall–Kier alpha value is -1.18. The van der Waals surface area contributed by atoms with Crippen LogP contribution < -0.4 is 5.32 Å². The summed E-state index contributed by atoms with van der Waals surface area (Å²) in [5.41, 5.74) is 1.75. The molecule has 0 aliphatic carbocycles. The summed E-state index contributed by atoms with van der Waals surface area (Å²) in [7, 11) is 0. The fourth-order valence-corrected chi connectivity index (χ4v) is 3.16. The van der Waals surface area contributed by atoms with Crippen molar-refractivity contribution in [3.05, 3.63) is 23.8 Å². The van der Waals surface area contributed by atoms with Crippen molar-refractivity contribution in [2.45, 2.75) is 18.2 Å². The smallest absolute Gasteiger partial charge is 0.102 e. The van der Waals surface area contributed by atoms with E-state index in [9.17, 15) is 5.26 Å². The minimum atomic E-state index is 0.699. The van der Waals surface area contributed by atoms with Crippen molar-refractivity contribution in [2.75, 3.05) is 37.8 Å². The van der Waals surface area contributed by atoms with Crippen LogP contribution in [0.5, 0.6) is 0 Å². The van der Waals surface area contributed by atoms with Gasteiger partial charge in [-0.2, -0.15) is 5.26 Å². The summed E-state index contributed by atoms with van der Waals surface area (Å²) in [6, 6.07) is 8.34. The Morgan fingerprint density at radius 3 is 3.00 bits per heavy atom. The molecule has 19 heavy (non-hydrogen) atoms. The lowest BCUT2D eigenvalue weighted by Crippen LogP contribution is -2.22. The third-order valence-electron chi connectivity index (χ3n) is 3.76. The number of hydrogen-bond donors (Lipinski definition) is 1. The van der Waals surface area contributed by atoms with Crippen LogP contribution in [-0.4, -0.2) is 37.3 Å². The lowest BCUT2D eigenvalue weighted by Gasteiger charge is -2.15. The lowest BCUT2D eigenvalue weighted by molar-refractivity contribution is 0.345. The molecular weight excluding hydrogens is 254 g/mol. The molecule has 0 spiro atoms. The van der Waals surface area contributed by atoms with Gasteiger partial charge in [-0.3, -0.25) is 0 Å². The Bertz CT molecular complexity index is 467. The van der Waals surface area contributed by atoms with Gasteiger partial charge in [-0.05, 0) is 43.8 Å². The second kappa shape index (κ2) is 6.83. The summed E-state index contributed by atoms with van der Waals surface area (Å²) in [5, 5.41) is 12.8. The average molecular weight is 275 g/mol. The number of thioether (sulfide) groups is 1. The van der Waals surface area contributed by atoms with E-state index in [0.29, 0.717) is 5.92 Å². The van der Waals surface area contributed by atoms with Gasteiger partial charge >= 0.3 is 0 Å². The summed E-state index contributed by atoms with van der Waals surface area (Å²) >= 11 is 1.63.